The van der Waals surface area contributed by atoms with Crippen LogP contribution in [0.2, 0.25) is 0 Å². The van der Waals surface area contributed by atoms with Crippen LogP contribution >= 0.6 is 0 Å². The first-order valence-corrected chi connectivity index (χ1v) is 2.56. The van der Waals surface area contributed by atoms with E-state index in [0.29, 0.717) is 5.65 Å². The number of hydrogen-bond acceptors (Lipinski definition) is 3. The molecule has 2 aromatic rings. The minimum atomic E-state index is 0. The highest BCUT2D eigenvalue weighted by Gasteiger charge is 1.91. The number of fused-ring (bicyclic) bond motifs is 1. The lowest BCUT2D eigenvalue weighted by atomic mass is 10.6. The van der Waals surface area contributed by atoms with Crippen molar-refractivity contribution in [2.75, 3.05) is 0 Å². The highest BCUT2D eigenvalue weighted by molar-refractivity contribution is 5.67. The molecule has 4 nitrogen and oxygen atoms in total. The van der Waals surface area contributed by atoms with E-state index in [1.807, 2.05) is 0 Å². The standard InChI is InChI=1S/C5H4N4.H2/c1-4-5(8-2-6-1)9-3-7-4;/h1-3H,(H,6,7,8,9);1H. The summed E-state index contributed by atoms with van der Waals surface area (Å²) in [7, 11) is 0. The molecule has 0 radical (unpaired) electrons. The Bertz CT molecular complexity index is 288. The normalized spacial score (nSPS) is 10.2. The van der Waals surface area contributed by atoms with E-state index in [1.54, 1.807) is 12.5 Å². The Kier molecular flexibility index (Phi) is 0.745. The lowest BCUT2D eigenvalue weighted by molar-refractivity contribution is 1.20. The van der Waals surface area contributed by atoms with Crippen molar-refractivity contribution in [3.8, 4) is 0 Å². The number of hydrogen-bond donors (Lipinski definition) is 1. The summed E-state index contributed by atoms with van der Waals surface area (Å²) in [4.78, 5) is 14.5. The molecule has 9 heavy (non-hydrogen) atoms. The minimum Gasteiger partial charge on any atom is -0.342 e. The van der Waals surface area contributed by atoms with E-state index >= 15 is 0 Å². The van der Waals surface area contributed by atoms with Crippen LogP contribution in [0.3, 0.4) is 0 Å². The summed E-state index contributed by atoms with van der Waals surface area (Å²) in [5.74, 6) is 0. The number of aromatic nitrogens is 4. The third-order valence-corrected chi connectivity index (χ3v) is 1.10. The van der Waals surface area contributed by atoms with Crippen molar-refractivity contribution in [2.24, 2.45) is 0 Å². The molecule has 0 fully saturated rings. The van der Waals surface area contributed by atoms with Crippen molar-refractivity contribution in [2.45, 2.75) is 0 Å². The van der Waals surface area contributed by atoms with Gasteiger partial charge in [0.05, 0.1) is 12.5 Å². The zero-order valence-electron chi connectivity index (χ0n) is 4.57. The second kappa shape index (κ2) is 1.51. The van der Waals surface area contributed by atoms with Crippen LogP contribution in [0.15, 0.2) is 18.9 Å². The molecule has 0 aromatic carbocycles. The highest BCUT2D eigenvalue weighted by atomic mass is 15.0. The van der Waals surface area contributed by atoms with Gasteiger partial charge >= 0.3 is 0 Å². The molecule has 0 aliphatic carbocycles. The monoisotopic (exact) mass is 122 g/mol. The molecule has 0 aliphatic heterocycles. The second-order valence-electron chi connectivity index (χ2n) is 1.66. The summed E-state index contributed by atoms with van der Waals surface area (Å²) < 4.78 is 0. The SMILES string of the molecule is [HH].c1ncc2[nH]cnc2n1. The fourth-order valence-corrected chi connectivity index (χ4v) is 0.691. The number of imidazole rings is 1. The van der Waals surface area contributed by atoms with Gasteiger partial charge in [-0.2, -0.15) is 0 Å². The molecule has 0 aliphatic rings. The molecule has 0 amide bonds. The van der Waals surface area contributed by atoms with Crippen molar-refractivity contribution < 1.29 is 1.43 Å². The topological polar surface area (TPSA) is 54.5 Å². The fourth-order valence-electron chi connectivity index (χ4n) is 0.691. The maximum Gasteiger partial charge on any atom is 0.180 e. The predicted octanol–water partition coefficient (Wildman–Crippen LogP) is 0.599. The Balaban J connectivity index is 0.000000500. The number of nitrogens with zero attached hydrogens (tertiary/aromatic N) is 3. The number of aromatic amines is 1. The Morgan fingerprint density at radius 2 is 2.44 bits per heavy atom. The van der Waals surface area contributed by atoms with Gasteiger partial charge in [0.15, 0.2) is 5.65 Å². The highest BCUT2D eigenvalue weighted by Crippen LogP contribution is 1.99. The van der Waals surface area contributed by atoms with Crippen molar-refractivity contribution in [3.05, 3.63) is 18.9 Å². The first-order valence-electron chi connectivity index (χ1n) is 2.56. The van der Waals surface area contributed by atoms with E-state index in [2.05, 4.69) is 19.9 Å². The Morgan fingerprint density at radius 1 is 1.44 bits per heavy atom. The lowest BCUT2D eigenvalue weighted by Gasteiger charge is -1.80. The van der Waals surface area contributed by atoms with E-state index < -0.39 is 0 Å². The van der Waals surface area contributed by atoms with Gasteiger partial charge in [0.2, 0.25) is 0 Å². The molecule has 0 saturated carbocycles. The molecule has 2 rings (SSSR count). The van der Waals surface area contributed by atoms with Gasteiger partial charge in [0, 0.05) is 1.43 Å². The predicted molar refractivity (Wildman–Crippen MR) is 33.8 cm³/mol. The molecule has 0 atom stereocenters. The molecule has 0 unspecified atom stereocenters. The minimum absolute atomic E-state index is 0. The summed E-state index contributed by atoms with van der Waals surface area (Å²) >= 11 is 0. The van der Waals surface area contributed by atoms with Gasteiger partial charge in [-0.3, -0.25) is 0 Å². The molecule has 46 valence electrons. The largest absolute Gasteiger partial charge is 0.342 e. The van der Waals surface area contributed by atoms with Gasteiger partial charge in [0.1, 0.15) is 11.8 Å². The summed E-state index contributed by atoms with van der Waals surface area (Å²) in [5, 5.41) is 0. The molecule has 0 saturated heterocycles. The van der Waals surface area contributed by atoms with Crippen LogP contribution < -0.4 is 0 Å². The smallest absolute Gasteiger partial charge is 0.180 e. The second-order valence-corrected chi connectivity index (χ2v) is 1.66. The number of nitrogens with one attached hydrogen (secondary N) is 1. The van der Waals surface area contributed by atoms with Gasteiger partial charge < -0.3 is 4.98 Å². The van der Waals surface area contributed by atoms with Crippen LogP contribution in [0.1, 0.15) is 1.43 Å². The fraction of sp³-hybridized carbons (Fsp3) is 0. The molecule has 4 heteroatoms. The van der Waals surface area contributed by atoms with Crippen LogP contribution in [-0.2, 0) is 0 Å². The molecular weight excluding hydrogens is 116 g/mol. The van der Waals surface area contributed by atoms with Crippen LogP contribution in [0.4, 0.5) is 0 Å². The number of rotatable bonds is 0. The Morgan fingerprint density at radius 3 is 3.33 bits per heavy atom. The van der Waals surface area contributed by atoms with Gasteiger partial charge in [0.25, 0.3) is 0 Å². The van der Waals surface area contributed by atoms with Crippen LogP contribution in [0.5, 0.6) is 0 Å². The average molecular weight is 122 g/mol. The third-order valence-electron chi connectivity index (χ3n) is 1.10. The molecule has 0 spiro atoms. The van der Waals surface area contributed by atoms with E-state index in [1.165, 1.54) is 6.33 Å². The zero-order chi connectivity index (χ0) is 6.10. The van der Waals surface area contributed by atoms with E-state index in [4.69, 9.17) is 0 Å². The van der Waals surface area contributed by atoms with Gasteiger partial charge in [-0.05, 0) is 0 Å². The van der Waals surface area contributed by atoms with Crippen LogP contribution in [0, 0.1) is 0 Å². The summed E-state index contributed by atoms with van der Waals surface area (Å²) in [6.45, 7) is 0. The first-order chi connectivity index (χ1) is 4.47. The molecule has 2 aromatic heterocycles. The first kappa shape index (κ1) is 4.43. The maximum absolute atomic E-state index is 3.91. The van der Waals surface area contributed by atoms with Gasteiger partial charge in [-0.15, -0.1) is 0 Å². The van der Waals surface area contributed by atoms with E-state index in [-0.39, 0.29) is 1.43 Å². The summed E-state index contributed by atoms with van der Waals surface area (Å²) in [5.41, 5.74) is 1.59. The van der Waals surface area contributed by atoms with Crippen molar-refractivity contribution in [1.82, 2.24) is 19.9 Å². The van der Waals surface area contributed by atoms with E-state index in [9.17, 15) is 0 Å². The number of H-pyrrole nitrogens is 1. The Hall–Kier alpha value is -1.45. The molecule has 1 N–H and O–H groups in total. The maximum atomic E-state index is 3.91. The average Bonchev–Trinajstić information content (AvgIpc) is 2.33. The third kappa shape index (κ3) is 0.561. The summed E-state index contributed by atoms with van der Waals surface area (Å²) in [6.07, 6.45) is 4.76. The molecular formula is C5H6N4. The van der Waals surface area contributed by atoms with Crippen molar-refractivity contribution in [1.29, 1.82) is 0 Å². The van der Waals surface area contributed by atoms with Crippen LogP contribution in [0.25, 0.3) is 11.2 Å². The van der Waals surface area contributed by atoms with E-state index in [0.717, 1.165) is 5.52 Å². The van der Waals surface area contributed by atoms with Crippen LogP contribution in [-0.4, -0.2) is 19.9 Å². The lowest BCUT2D eigenvalue weighted by Crippen LogP contribution is -1.76. The van der Waals surface area contributed by atoms with Gasteiger partial charge in [-0.25, -0.2) is 15.0 Å². The van der Waals surface area contributed by atoms with Gasteiger partial charge in [-0.1, -0.05) is 0 Å². The molecule has 0 bridgehead atoms. The quantitative estimate of drug-likeness (QED) is 0.556. The summed E-state index contributed by atoms with van der Waals surface area (Å²) in [6, 6.07) is 0. The Labute approximate surface area is 52.5 Å². The zero-order valence-corrected chi connectivity index (χ0v) is 4.57. The van der Waals surface area contributed by atoms with Crippen molar-refractivity contribution in [3.63, 3.8) is 0 Å². The molecule has 2 heterocycles. The van der Waals surface area contributed by atoms with Crippen molar-refractivity contribution >= 4 is 11.2 Å².